The van der Waals surface area contributed by atoms with Crippen molar-refractivity contribution in [1.29, 1.82) is 0 Å². The average Bonchev–Trinajstić information content (AvgIpc) is 2.35. The van der Waals surface area contributed by atoms with Gasteiger partial charge in [-0.2, -0.15) is 0 Å². The lowest BCUT2D eigenvalue weighted by atomic mass is 9.99. The standard InChI is InChI=1S/C13H16O5S/c1-7-3-4-9(5-10(7)13(17)18)12(16)11(15)6-19-8(2)14/h3-5,11-12,15-16H,6H2,1-2H3,(H,17,18). The van der Waals surface area contributed by atoms with Gasteiger partial charge in [0, 0.05) is 12.7 Å². The van der Waals surface area contributed by atoms with E-state index in [1.807, 2.05) is 0 Å². The zero-order valence-corrected chi connectivity index (χ0v) is 11.5. The van der Waals surface area contributed by atoms with Crippen molar-refractivity contribution in [3.8, 4) is 0 Å². The van der Waals surface area contributed by atoms with Gasteiger partial charge in [-0.3, -0.25) is 4.79 Å². The summed E-state index contributed by atoms with van der Waals surface area (Å²) in [6, 6.07) is 4.48. The van der Waals surface area contributed by atoms with Gasteiger partial charge in [0.05, 0.1) is 11.7 Å². The maximum absolute atomic E-state index is 11.0. The molecular weight excluding hydrogens is 268 g/mol. The minimum absolute atomic E-state index is 0.0623. The van der Waals surface area contributed by atoms with Gasteiger partial charge in [-0.05, 0) is 24.1 Å². The monoisotopic (exact) mass is 284 g/mol. The van der Waals surface area contributed by atoms with Crippen LogP contribution in [0, 0.1) is 6.92 Å². The molecule has 0 amide bonds. The molecule has 2 atom stereocenters. The van der Waals surface area contributed by atoms with Crippen molar-refractivity contribution in [2.45, 2.75) is 26.1 Å². The third-order valence-electron chi connectivity index (χ3n) is 2.66. The maximum Gasteiger partial charge on any atom is 0.335 e. The summed E-state index contributed by atoms with van der Waals surface area (Å²) in [4.78, 5) is 21.8. The molecule has 3 N–H and O–H groups in total. The fourth-order valence-electron chi connectivity index (χ4n) is 1.57. The second kappa shape index (κ2) is 6.70. The lowest BCUT2D eigenvalue weighted by Gasteiger charge is -2.18. The first kappa shape index (κ1) is 15.7. The molecule has 0 heterocycles. The van der Waals surface area contributed by atoms with Gasteiger partial charge in [0.2, 0.25) is 0 Å². The molecule has 19 heavy (non-hydrogen) atoms. The molecule has 2 unspecified atom stereocenters. The molecule has 5 nitrogen and oxygen atoms in total. The molecule has 104 valence electrons. The minimum atomic E-state index is -1.22. The molecule has 0 bridgehead atoms. The first-order valence-corrected chi connectivity index (χ1v) is 6.64. The third kappa shape index (κ3) is 4.34. The number of aliphatic hydroxyl groups is 2. The van der Waals surface area contributed by atoms with E-state index in [0.29, 0.717) is 11.1 Å². The molecular formula is C13H16O5S. The number of aliphatic hydroxyl groups excluding tert-OH is 2. The van der Waals surface area contributed by atoms with Gasteiger partial charge >= 0.3 is 5.97 Å². The van der Waals surface area contributed by atoms with Crippen LogP contribution < -0.4 is 0 Å². The summed E-state index contributed by atoms with van der Waals surface area (Å²) >= 11 is 0.911. The van der Waals surface area contributed by atoms with Crippen molar-refractivity contribution < 1.29 is 24.9 Å². The highest BCUT2D eigenvalue weighted by molar-refractivity contribution is 8.13. The molecule has 0 fully saturated rings. The highest BCUT2D eigenvalue weighted by Gasteiger charge is 2.20. The van der Waals surface area contributed by atoms with Crippen molar-refractivity contribution in [2.75, 3.05) is 5.75 Å². The molecule has 1 aromatic carbocycles. The predicted octanol–water partition coefficient (Wildman–Crippen LogP) is 1.37. The highest BCUT2D eigenvalue weighted by Crippen LogP contribution is 2.22. The summed E-state index contributed by atoms with van der Waals surface area (Å²) in [5.41, 5.74) is 0.985. The largest absolute Gasteiger partial charge is 0.478 e. The predicted molar refractivity (Wildman–Crippen MR) is 72.2 cm³/mol. The molecule has 6 heteroatoms. The average molecular weight is 284 g/mol. The van der Waals surface area contributed by atoms with Crippen molar-refractivity contribution in [2.24, 2.45) is 0 Å². The smallest absolute Gasteiger partial charge is 0.335 e. The van der Waals surface area contributed by atoms with E-state index in [1.54, 1.807) is 19.1 Å². The van der Waals surface area contributed by atoms with Crippen LogP contribution in [0.4, 0.5) is 0 Å². The number of aromatic carboxylic acids is 1. The minimum Gasteiger partial charge on any atom is -0.478 e. The number of carbonyl (C=O) groups is 2. The molecule has 0 saturated heterocycles. The van der Waals surface area contributed by atoms with Gasteiger partial charge in [-0.15, -0.1) is 0 Å². The Kier molecular flexibility index (Phi) is 5.53. The van der Waals surface area contributed by atoms with Crippen molar-refractivity contribution >= 4 is 22.8 Å². The van der Waals surface area contributed by atoms with Crippen LogP contribution in [-0.4, -0.2) is 38.3 Å². The molecule has 0 aliphatic heterocycles. The number of thioether (sulfide) groups is 1. The second-order valence-corrected chi connectivity index (χ2v) is 5.39. The van der Waals surface area contributed by atoms with E-state index < -0.39 is 18.2 Å². The van der Waals surface area contributed by atoms with Gasteiger partial charge < -0.3 is 15.3 Å². The third-order valence-corrected chi connectivity index (χ3v) is 3.57. The molecule has 0 saturated carbocycles. The molecule has 0 radical (unpaired) electrons. The van der Waals surface area contributed by atoms with E-state index >= 15 is 0 Å². The van der Waals surface area contributed by atoms with E-state index in [2.05, 4.69) is 0 Å². The normalized spacial score (nSPS) is 13.9. The molecule has 0 spiro atoms. The number of aryl methyl sites for hydroxylation is 1. The molecule has 1 aromatic rings. The van der Waals surface area contributed by atoms with Crippen molar-refractivity contribution in [3.63, 3.8) is 0 Å². The lowest BCUT2D eigenvalue weighted by molar-refractivity contribution is -0.109. The Morgan fingerprint density at radius 1 is 1.32 bits per heavy atom. The zero-order valence-electron chi connectivity index (χ0n) is 10.7. The van der Waals surface area contributed by atoms with Gasteiger partial charge in [-0.1, -0.05) is 23.9 Å². The van der Waals surface area contributed by atoms with Gasteiger partial charge in [0.25, 0.3) is 0 Å². The van der Waals surface area contributed by atoms with Crippen molar-refractivity contribution in [3.05, 3.63) is 34.9 Å². The first-order chi connectivity index (χ1) is 8.82. The zero-order chi connectivity index (χ0) is 14.6. The maximum atomic E-state index is 11.0. The van der Waals surface area contributed by atoms with Gasteiger partial charge in [0.15, 0.2) is 5.12 Å². The van der Waals surface area contributed by atoms with Gasteiger partial charge in [-0.25, -0.2) is 4.79 Å². The van der Waals surface area contributed by atoms with E-state index in [4.69, 9.17) is 5.11 Å². The summed E-state index contributed by atoms with van der Waals surface area (Å²) in [5.74, 6) is -1.02. The first-order valence-electron chi connectivity index (χ1n) is 5.66. The van der Waals surface area contributed by atoms with Crippen LogP contribution in [0.3, 0.4) is 0 Å². The Balaban J connectivity index is 2.87. The Labute approximate surface area is 115 Å². The summed E-state index contributed by atoms with van der Waals surface area (Å²) in [5, 5.41) is 28.5. The molecule has 1 rings (SSSR count). The number of hydrogen-bond acceptors (Lipinski definition) is 5. The van der Waals surface area contributed by atoms with E-state index in [1.165, 1.54) is 13.0 Å². The number of benzene rings is 1. The topological polar surface area (TPSA) is 94.8 Å². The van der Waals surface area contributed by atoms with E-state index in [9.17, 15) is 19.8 Å². The van der Waals surface area contributed by atoms with Crippen LogP contribution in [0.1, 0.15) is 34.5 Å². The fraction of sp³-hybridized carbons (Fsp3) is 0.385. The summed E-state index contributed by atoms with van der Waals surface area (Å²) in [6.07, 6.45) is -2.34. The lowest BCUT2D eigenvalue weighted by Crippen LogP contribution is -2.21. The van der Waals surface area contributed by atoms with E-state index in [-0.39, 0.29) is 16.4 Å². The van der Waals surface area contributed by atoms with E-state index in [0.717, 1.165) is 11.8 Å². The SMILES string of the molecule is CC(=O)SCC(O)C(O)c1ccc(C)c(C(=O)O)c1. The number of hydrogen-bond donors (Lipinski definition) is 3. The number of carboxylic acids is 1. The van der Waals surface area contributed by atoms with Crippen LogP contribution in [0.5, 0.6) is 0 Å². The number of carboxylic acid groups (broad SMARTS) is 1. The van der Waals surface area contributed by atoms with Gasteiger partial charge in [0.1, 0.15) is 6.10 Å². The number of rotatable bonds is 5. The van der Waals surface area contributed by atoms with Crippen molar-refractivity contribution in [1.82, 2.24) is 0 Å². The van der Waals surface area contributed by atoms with Crippen LogP contribution in [-0.2, 0) is 4.79 Å². The quantitative estimate of drug-likeness (QED) is 0.756. The van der Waals surface area contributed by atoms with Crippen LogP contribution in [0.25, 0.3) is 0 Å². The van der Waals surface area contributed by atoms with Crippen LogP contribution >= 0.6 is 11.8 Å². The van der Waals surface area contributed by atoms with Crippen LogP contribution in [0.2, 0.25) is 0 Å². The van der Waals surface area contributed by atoms with Crippen LogP contribution in [0.15, 0.2) is 18.2 Å². The Bertz CT molecular complexity index is 486. The summed E-state index contributed by atoms with van der Waals surface area (Å²) in [7, 11) is 0. The Hall–Kier alpha value is -1.37. The molecule has 0 aliphatic rings. The Morgan fingerprint density at radius 3 is 2.47 bits per heavy atom. The number of carbonyl (C=O) groups excluding carboxylic acids is 1. The Morgan fingerprint density at radius 2 is 1.95 bits per heavy atom. The fourth-order valence-corrected chi connectivity index (χ4v) is 2.16. The molecule has 0 aliphatic carbocycles. The second-order valence-electron chi connectivity index (χ2n) is 4.19. The molecule has 0 aromatic heterocycles. The summed E-state index contributed by atoms with van der Waals surface area (Å²) < 4.78 is 0. The highest BCUT2D eigenvalue weighted by atomic mass is 32.2. The summed E-state index contributed by atoms with van der Waals surface area (Å²) in [6.45, 7) is 3.03.